The van der Waals surface area contributed by atoms with Crippen LogP contribution in [0, 0.1) is 0 Å². The minimum absolute atomic E-state index is 0.141. The van der Waals surface area contributed by atoms with E-state index in [9.17, 15) is 4.79 Å². The topological polar surface area (TPSA) is 22.0 Å². The van der Waals surface area contributed by atoms with Crippen molar-refractivity contribution in [2.24, 2.45) is 7.05 Å². The molecule has 0 N–H and O–H groups in total. The van der Waals surface area contributed by atoms with Gasteiger partial charge in [0.1, 0.15) is 0 Å². The molecule has 0 radical (unpaired) electrons. The Morgan fingerprint density at radius 2 is 1.60 bits per heavy atom. The van der Waals surface area contributed by atoms with Crippen molar-refractivity contribution >= 4 is 10.9 Å². The first kappa shape index (κ1) is 19.5. The second-order valence-electron chi connectivity index (χ2n) is 7.00. The lowest BCUT2D eigenvalue weighted by Gasteiger charge is -2.11. The van der Waals surface area contributed by atoms with Crippen LogP contribution in [0.1, 0.15) is 70.4 Å². The predicted octanol–water partition coefficient (Wildman–Crippen LogP) is 6.17. The summed E-state index contributed by atoms with van der Waals surface area (Å²) in [5.74, 6) is 0. The maximum absolute atomic E-state index is 12.2. The van der Waals surface area contributed by atoms with Crippen molar-refractivity contribution < 1.29 is 0 Å². The molecule has 0 aliphatic carbocycles. The molecule has 2 nitrogen and oxygen atoms in total. The molecule has 0 bridgehead atoms. The molecule has 0 saturated carbocycles. The van der Waals surface area contributed by atoms with Crippen molar-refractivity contribution in [1.29, 1.82) is 0 Å². The van der Waals surface area contributed by atoms with Crippen LogP contribution in [0.3, 0.4) is 0 Å². The molecule has 0 aliphatic heterocycles. The number of unbranched alkanes of at least 4 members (excludes halogenated alkanes) is 7. The SMILES string of the molecule is CCCCCCCCC=CCCCc1cc(=O)c2ccccc2n1C. The van der Waals surface area contributed by atoms with E-state index in [1.54, 1.807) is 0 Å². The van der Waals surface area contributed by atoms with E-state index in [0.29, 0.717) is 0 Å². The second kappa shape index (κ2) is 10.9. The van der Waals surface area contributed by atoms with Crippen LogP contribution in [0.5, 0.6) is 0 Å². The van der Waals surface area contributed by atoms with Crippen LogP contribution in [-0.4, -0.2) is 4.57 Å². The zero-order valence-corrected chi connectivity index (χ0v) is 16.0. The molecule has 2 heteroatoms. The smallest absolute Gasteiger partial charge is 0.189 e. The molecule has 0 amide bonds. The Kier molecular flexibility index (Phi) is 8.51. The summed E-state index contributed by atoms with van der Waals surface area (Å²) in [6, 6.07) is 9.67. The average molecular weight is 340 g/mol. The molecule has 1 aromatic heterocycles. The number of hydrogen-bond donors (Lipinski definition) is 0. The molecule has 1 aromatic carbocycles. The highest BCUT2D eigenvalue weighted by Crippen LogP contribution is 2.13. The first-order valence-corrected chi connectivity index (χ1v) is 9.96. The predicted molar refractivity (Wildman–Crippen MR) is 109 cm³/mol. The Morgan fingerprint density at radius 3 is 2.40 bits per heavy atom. The van der Waals surface area contributed by atoms with E-state index in [1.807, 2.05) is 30.3 Å². The minimum atomic E-state index is 0.141. The Labute approximate surface area is 152 Å². The summed E-state index contributed by atoms with van der Waals surface area (Å²) in [5, 5.41) is 0.813. The van der Waals surface area contributed by atoms with Gasteiger partial charge in [-0.25, -0.2) is 0 Å². The number of allylic oxidation sites excluding steroid dienone is 2. The van der Waals surface area contributed by atoms with E-state index < -0.39 is 0 Å². The van der Waals surface area contributed by atoms with Gasteiger partial charge in [-0.05, 0) is 44.2 Å². The highest BCUT2D eigenvalue weighted by Gasteiger charge is 2.05. The Hall–Kier alpha value is -1.83. The molecule has 25 heavy (non-hydrogen) atoms. The maximum Gasteiger partial charge on any atom is 0.189 e. The lowest BCUT2D eigenvalue weighted by Crippen LogP contribution is -2.11. The number of benzene rings is 1. The molecule has 0 atom stereocenters. The van der Waals surface area contributed by atoms with Crippen LogP contribution in [0.15, 0.2) is 47.3 Å². The van der Waals surface area contributed by atoms with E-state index in [2.05, 4.69) is 30.7 Å². The zero-order chi connectivity index (χ0) is 17.9. The van der Waals surface area contributed by atoms with Gasteiger partial charge >= 0.3 is 0 Å². The lowest BCUT2D eigenvalue weighted by atomic mass is 10.1. The maximum atomic E-state index is 12.2. The summed E-state index contributed by atoms with van der Waals surface area (Å²) in [4.78, 5) is 12.2. The van der Waals surface area contributed by atoms with Crippen molar-refractivity contribution in [1.82, 2.24) is 4.57 Å². The Balaban J connectivity index is 1.72. The molecular formula is C23H33NO. The number of aryl methyl sites for hydroxylation is 2. The standard InChI is InChI=1S/C23H33NO/c1-3-4-5-6-7-8-9-10-11-12-13-16-20-19-23(25)21-17-14-15-18-22(21)24(20)2/h10-11,14-15,17-19H,3-9,12-13,16H2,1-2H3. The van der Waals surface area contributed by atoms with Crippen LogP contribution in [0.4, 0.5) is 0 Å². The van der Waals surface area contributed by atoms with Gasteiger partial charge in [0.25, 0.3) is 0 Å². The molecule has 2 aromatic rings. The summed E-state index contributed by atoms with van der Waals surface area (Å²) in [5.41, 5.74) is 2.30. The zero-order valence-electron chi connectivity index (χ0n) is 16.0. The quantitative estimate of drug-likeness (QED) is 0.354. The average Bonchev–Trinajstić information content (AvgIpc) is 2.63. The summed E-state index contributed by atoms with van der Waals surface area (Å²) >= 11 is 0. The van der Waals surface area contributed by atoms with E-state index in [1.165, 1.54) is 44.9 Å². The van der Waals surface area contributed by atoms with Gasteiger partial charge in [-0.1, -0.05) is 63.3 Å². The molecule has 0 unspecified atom stereocenters. The van der Waals surface area contributed by atoms with E-state index in [4.69, 9.17) is 0 Å². The van der Waals surface area contributed by atoms with E-state index in [0.717, 1.165) is 35.9 Å². The number of aromatic nitrogens is 1. The van der Waals surface area contributed by atoms with Gasteiger partial charge in [-0.3, -0.25) is 4.79 Å². The number of nitrogens with zero attached hydrogens (tertiary/aromatic N) is 1. The molecule has 1 heterocycles. The third kappa shape index (κ3) is 6.19. The summed E-state index contributed by atoms with van der Waals surface area (Å²) in [6.07, 6.45) is 17.2. The largest absolute Gasteiger partial charge is 0.347 e. The van der Waals surface area contributed by atoms with Gasteiger partial charge in [0, 0.05) is 24.2 Å². The number of rotatable bonds is 11. The number of para-hydroxylation sites is 1. The van der Waals surface area contributed by atoms with Gasteiger partial charge in [0.15, 0.2) is 5.43 Å². The fourth-order valence-electron chi connectivity index (χ4n) is 3.37. The molecule has 0 spiro atoms. The van der Waals surface area contributed by atoms with Crippen LogP contribution >= 0.6 is 0 Å². The monoisotopic (exact) mass is 339 g/mol. The van der Waals surface area contributed by atoms with Crippen molar-refractivity contribution in [3.8, 4) is 0 Å². The number of hydrogen-bond acceptors (Lipinski definition) is 1. The fraction of sp³-hybridized carbons (Fsp3) is 0.522. The normalized spacial score (nSPS) is 11.6. The van der Waals surface area contributed by atoms with Gasteiger partial charge in [0.05, 0.1) is 5.52 Å². The van der Waals surface area contributed by atoms with Crippen molar-refractivity contribution in [3.63, 3.8) is 0 Å². The molecule has 0 aliphatic rings. The summed E-state index contributed by atoms with van der Waals surface area (Å²) in [6.45, 7) is 2.26. The van der Waals surface area contributed by atoms with Crippen LogP contribution in [0.2, 0.25) is 0 Å². The Bertz CT molecular complexity index is 726. The molecule has 136 valence electrons. The van der Waals surface area contributed by atoms with Crippen molar-refractivity contribution in [2.75, 3.05) is 0 Å². The summed E-state index contributed by atoms with van der Waals surface area (Å²) in [7, 11) is 2.06. The van der Waals surface area contributed by atoms with Crippen LogP contribution in [0.25, 0.3) is 10.9 Å². The number of pyridine rings is 1. The molecule has 0 fully saturated rings. The third-order valence-electron chi connectivity index (χ3n) is 4.95. The van der Waals surface area contributed by atoms with Crippen LogP contribution in [-0.2, 0) is 13.5 Å². The van der Waals surface area contributed by atoms with Gasteiger partial charge in [-0.2, -0.15) is 0 Å². The molecule has 2 rings (SSSR count). The highest BCUT2D eigenvalue weighted by atomic mass is 16.1. The Morgan fingerprint density at radius 1 is 0.920 bits per heavy atom. The third-order valence-corrected chi connectivity index (χ3v) is 4.95. The lowest BCUT2D eigenvalue weighted by molar-refractivity contribution is 0.611. The van der Waals surface area contributed by atoms with Gasteiger partial charge in [-0.15, -0.1) is 0 Å². The molecular weight excluding hydrogens is 306 g/mol. The van der Waals surface area contributed by atoms with E-state index >= 15 is 0 Å². The summed E-state index contributed by atoms with van der Waals surface area (Å²) < 4.78 is 2.16. The van der Waals surface area contributed by atoms with E-state index in [-0.39, 0.29) is 5.43 Å². The number of fused-ring (bicyclic) bond motifs is 1. The fourth-order valence-corrected chi connectivity index (χ4v) is 3.37. The minimum Gasteiger partial charge on any atom is -0.347 e. The highest BCUT2D eigenvalue weighted by molar-refractivity contribution is 5.79. The van der Waals surface area contributed by atoms with Crippen molar-refractivity contribution in [2.45, 2.75) is 71.1 Å². The second-order valence-corrected chi connectivity index (χ2v) is 7.00. The first-order chi connectivity index (χ1) is 12.2. The van der Waals surface area contributed by atoms with Crippen LogP contribution < -0.4 is 5.43 Å². The van der Waals surface area contributed by atoms with Crippen molar-refractivity contribution in [3.05, 3.63) is 58.4 Å². The molecule has 0 saturated heterocycles. The van der Waals surface area contributed by atoms with Gasteiger partial charge in [0.2, 0.25) is 0 Å². The van der Waals surface area contributed by atoms with Gasteiger partial charge < -0.3 is 4.57 Å². The first-order valence-electron chi connectivity index (χ1n) is 9.96.